The Morgan fingerprint density at radius 2 is 1.45 bits per heavy atom. The number of non-ortho nitro benzene ring substituents is 1. The van der Waals surface area contributed by atoms with E-state index in [-0.39, 0.29) is 22.8 Å². The lowest BCUT2D eigenvalue weighted by Crippen LogP contribution is -2.33. The highest BCUT2D eigenvalue weighted by Crippen LogP contribution is 2.16. The minimum atomic E-state index is -3.84. The highest BCUT2D eigenvalue weighted by molar-refractivity contribution is 7.89. The average molecular weight is 435 g/mol. The molecule has 2 aliphatic rings. The van der Waals surface area contributed by atoms with Crippen LogP contribution in [-0.4, -0.2) is 57.2 Å². The second-order valence-corrected chi connectivity index (χ2v) is 7.93. The molecular weight excluding hydrogens is 410 g/mol. The van der Waals surface area contributed by atoms with E-state index in [4.69, 9.17) is 24.4 Å². The zero-order valence-corrected chi connectivity index (χ0v) is 16.5. The number of nitro benzene ring substituents is 1. The summed E-state index contributed by atoms with van der Waals surface area (Å²) in [5.74, 6) is 0. The van der Waals surface area contributed by atoms with E-state index in [1.54, 1.807) is 5.64 Å². The third-order valence-electron chi connectivity index (χ3n) is 4.24. The summed E-state index contributed by atoms with van der Waals surface area (Å²) in [6.07, 6.45) is 2.83. The Bertz CT molecular complexity index is 715. The van der Waals surface area contributed by atoms with Crippen molar-refractivity contribution in [2.24, 2.45) is 0 Å². The number of nitrogens with one attached hydrogen (secondary N) is 2. The summed E-state index contributed by atoms with van der Waals surface area (Å²) in [5, 5.41) is 18.6. The van der Waals surface area contributed by atoms with E-state index in [0.717, 1.165) is 50.3 Å². The first-order valence-electron chi connectivity index (χ1n) is 9.04. The molecule has 3 rings (SSSR count). The molecular formula is C16H25N3O9S. The number of nitro groups is 1. The molecule has 2 aliphatic heterocycles. The molecule has 1 aromatic carbocycles. The van der Waals surface area contributed by atoms with Gasteiger partial charge in [0.05, 0.1) is 22.0 Å². The van der Waals surface area contributed by atoms with Gasteiger partial charge < -0.3 is 9.47 Å². The van der Waals surface area contributed by atoms with Gasteiger partial charge in [0.15, 0.2) is 0 Å². The number of ether oxygens (including phenoxy) is 2. The van der Waals surface area contributed by atoms with Crippen LogP contribution in [0.2, 0.25) is 0 Å². The van der Waals surface area contributed by atoms with Crippen LogP contribution < -0.4 is 10.5 Å². The minimum absolute atomic E-state index is 0.0878. The largest absolute Gasteiger partial charge is 0.381 e. The van der Waals surface area contributed by atoms with Crippen molar-refractivity contribution in [1.29, 1.82) is 0 Å². The Kier molecular flexibility index (Phi) is 9.83. The Morgan fingerprint density at radius 1 is 0.966 bits per heavy atom. The summed E-state index contributed by atoms with van der Waals surface area (Å²) in [6.45, 7) is 2.52. The molecule has 29 heavy (non-hydrogen) atoms. The molecule has 0 atom stereocenters. The van der Waals surface area contributed by atoms with Crippen molar-refractivity contribution in [2.75, 3.05) is 26.4 Å². The lowest BCUT2D eigenvalue weighted by Gasteiger charge is -2.21. The van der Waals surface area contributed by atoms with Crippen molar-refractivity contribution in [3.8, 4) is 0 Å². The smallest absolute Gasteiger partial charge is 0.269 e. The van der Waals surface area contributed by atoms with Crippen LogP contribution in [0.15, 0.2) is 29.2 Å². The van der Waals surface area contributed by atoms with Crippen LogP contribution in [0.5, 0.6) is 0 Å². The van der Waals surface area contributed by atoms with E-state index in [0.29, 0.717) is 26.1 Å². The van der Waals surface area contributed by atoms with Crippen molar-refractivity contribution >= 4 is 15.7 Å². The van der Waals surface area contributed by atoms with E-state index in [1.807, 2.05) is 4.89 Å². The quantitative estimate of drug-likeness (QED) is 0.417. The van der Waals surface area contributed by atoms with Gasteiger partial charge in [-0.15, -0.1) is 0 Å². The lowest BCUT2D eigenvalue weighted by molar-refractivity contribution is -0.384. The first-order chi connectivity index (χ1) is 13.9. The van der Waals surface area contributed by atoms with Crippen LogP contribution in [0.25, 0.3) is 0 Å². The zero-order valence-electron chi connectivity index (χ0n) is 15.7. The lowest BCUT2D eigenvalue weighted by atomic mass is 10.2. The molecule has 0 radical (unpaired) electrons. The summed E-state index contributed by atoms with van der Waals surface area (Å²) < 4.78 is 34.0. The van der Waals surface area contributed by atoms with E-state index in [2.05, 4.69) is 0 Å². The van der Waals surface area contributed by atoms with Gasteiger partial charge in [0.25, 0.3) is 15.7 Å². The van der Waals surface area contributed by atoms with Crippen molar-refractivity contribution in [1.82, 2.24) is 10.5 Å². The predicted molar refractivity (Wildman–Crippen MR) is 98.2 cm³/mol. The Labute approximate surface area is 168 Å². The number of rotatable bonds is 7. The number of nitrogens with zero attached hydrogens (tertiary/aromatic N) is 1. The Morgan fingerprint density at radius 3 is 1.90 bits per heavy atom. The second-order valence-electron chi connectivity index (χ2n) is 6.29. The molecule has 2 heterocycles. The van der Waals surface area contributed by atoms with Gasteiger partial charge in [0, 0.05) is 38.6 Å². The van der Waals surface area contributed by atoms with E-state index < -0.39 is 14.9 Å². The second kappa shape index (κ2) is 12.1. The molecule has 13 heteroatoms. The standard InChI is InChI=1S/C11H14N2O6S.C5H11NO3/c14-13(15)9-1-3-11(4-2-9)20(16,17)12-19-10-5-7-18-8-6-10;7-6-9-5-1-3-8-4-2-5/h1-4,10,12H,5-8H2;5-7H,1-4H2. The van der Waals surface area contributed by atoms with E-state index in [1.165, 1.54) is 0 Å². The third kappa shape index (κ3) is 8.28. The molecule has 3 N–H and O–H groups in total. The molecule has 0 aromatic heterocycles. The first-order valence-corrected chi connectivity index (χ1v) is 10.5. The maximum Gasteiger partial charge on any atom is 0.269 e. The van der Waals surface area contributed by atoms with Crippen LogP contribution >= 0.6 is 0 Å². The monoisotopic (exact) mass is 435 g/mol. The van der Waals surface area contributed by atoms with Gasteiger partial charge in [-0.3, -0.25) is 25.0 Å². The van der Waals surface area contributed by atoms with Crippen molar-refractivity contribution < 1.29 is 37.7 Å². The fraction of sp³-hybridized carbons (Fsp3) is 0.625. The number of benzene rings is 1. The van der Waals surface area contributed by atoms with Crippen LogP contribution in [-0.2, 0) is 29.2 Å². The molecule has 0 amide bonds. The Hall–Kier alpha value is -1.71. The van der Waals surface area contributed by atoms with Gasteiger partial charge in [0.2, 0.25) is 0 Å². The highest BCUT2D eigenvalue weighted by Gasteiger charge is 2.20. The molecule has 0 aliphatic carbocycles. The normalized spacial score (nSPS) is 18.7. The summed E-state index contributed by atoms with van der Waals surface area (Å²) in [7, 11) is -3.84. The maximum atomic E-state index is 11.9. The van der Waals surface area contributed by atoms with Gasteiger partial charge in [-0.1, -0.05) is 10.5 Å². The summed E-state index contributed by atoms with van der Waals surface area (Å²) >= 11 is 0. The minimum Gasteiger partial charge on any atom is -0.381 e. The summed E-state index contributed by atoms with van der Waals surface area (Å²) in [5.41, 5.74) is 1.51. The van der Waals surface area contributed by atoms with Crippen molar-refractivity contribution in [2.45, 2.75) is 42.8 Å². The number of sulfonamides is 1. The average Bonchev–Trinajstić information content (AvgIpc) is 2.75. The summed E-state index contributed by atoms with van der Waals surface area (Å²) in [6, 6.07) is 4.58. The molecule has 164 valence electrons. The van der Waals surface area contributed by atoms with Crippen LogP contribution in [0.4, 0.5) is 5.69 Å². The van der Waals surface area contributed by atoms with Gasteiger partial charge in [-0.25, -0.2) is 8.42 Å². The third-order valence-corrected chi connectivity index (χ3v) is 5.45. The molecule has 0 spiro atoms. The predicted octanol–water partition coefficient (Wildman–Crippen LogP) is 1.06. The molecule has 2 fully saturated rings. The van der Waals surface area contributed by atoms with Crippen molar-refractivity contribution in [3.05, 3.63) is 34.4 Å². The molecule has 2 saturated heterocycles. The van der Waals surface area contributed by atoms with E-state index in [9.17, 15) is 18.5 Å². The maximum absolute atomic E-state index is 11.9. The number of hydrogen-bond acceptors (Lipinski definition) is 10. The fourth-order valence-electron chi connectivity index (χ4n) is 2.59. The highest BCUT2D eigenvalue weighted by atomic mass is 32.2. The van der Waals surface area contributed by atoms with Crippen LogP contribution in [0, 0.1) is 10.1 Å². The zero-order chi connectivity index (χ0) is 21.1. The first kappa shape index (κ1) is 23.6. The SMILES string of the molecule is O=[N+]([O-])c1ccc(S(=O)(=O)NOC2CCOCC2)cc1.ONOC1CCOCC1. The summed E-state index contributed by atoms with van der Waals surface area (Å²) in [4.78, 5) is 21.7. The Balaban J connectivity index is 0.000000278. The van der Waals surface area contributed by atoms with Crippen molar-refractivity contribution in [3.63, 3.8) is 0 Å². The topological polar surface area (TPSA) is 158 Å². The van der Waals surface area contributed by atoms with Gasteiger partial charge in [-0.2, -0.15) is 0 Å². The van der Waals surface area contributed by atoms with E-state index >= 15 is 0 Å². The van der Waals surface area contributed by atoms with Crippen LogP contribution in [0.3, 0.4) is 0 Å². The molecule has 0 unspecified atom stereocenters. The number of hydrogen-bond donors (Lipinski definition) is 3. The van der Waals surface area contributed by atoms with Crippen LogP contribution in [0.1, 0.15) is 25.7 Å². The van der Waals surface area contributed by atoms with Gasteiger partial charge in [0.1, 0.15) is 0 Å². The fourth-order valence-corrected chi connectivity index (χ4v) is 3.44. The van der Waals surface area contributed by atoms with Gasteiger partial charge >= 0.3 is 0 Å². The molecule has 0 saturated carbocycles. The molecule has 12 nitrogen and oxygen atoms in total. The van der Waals surface area contributed by atoms with Gasteiger partial charge in [-0.05, 0) is 37.8 Å². The molecule has 1 aromatic rings. The molecule has 0 bridgehead atoms.